The average Bonchev–Trinajstić information content (AvgIpc) is 2.49. The molecule has 1 saturated heterocycles. The summed E-state index contributed by atoms with van der Waals surface area (Å²) in [7, 11) is 3.70. The maximum atomic E-state index is 11.9. The molecule has 1 aliphatic heterocycles. The highest BCUT2D eigenvalue weighted by atomic mass is 16.5. The van der Waals surface area contributed by atoms with Gasteiger partial charge in [-0.2, -0.15) is 0 Å². The number of nitrogens with one attached hydrogen (secondary N) is 1. The van der Waals surface area contributed by atoms with Crippen LogP contribution in [0.3, 0.4) is 0 Å². The van der Waals surface area contributed by atoms with Crippen LogP contribution >= 0.6 is 0 Å². The van der Waals surface area contributed by atoms with Gasteiger partial charge >= 0.3 is 0 Å². The van der Waals surface area contributed by atoms with Gasteiger partial charge in [-0.15, -0.1) is 6.58 Å². The minimum absolute atomic E-state index is 0.102. The first-order valence-corrected chi connectivity index (χ1v) is 7.37. The number of nitrogens with zero attached hydrogens (tertiary/aromatic N) is 2. The molecule has 0 spiro atoms. The van der Waals surface area contributed by atoms with Crippen LogP contribution in [-0.4, -0.2) is 51.1 Å². The smallest absolute Gasteiger partial charge is 0.228 e. The molecule has 0 unspecified atom stereocenters. The summed E-state index contributed by atoms with van der Waals surface area (Å²) in [5.41, 5.74) is 8.15. The van der Waals surface area contributed by atoms with Crippen LogP contribution in [0.5, 0.6) is 5.75 Å². The van der Waals surface area contributed by atoms with Crippen LogP contribution in [-0.2, 0) is 4.79 Å². The molecule has 0 aliphatic carbocycles. The summed E-state index contributed by atoms with van der Waals surface area (Å²) in [5, 5.41) is 2.91. The Balaban J connectivity index is 2.31. The maximum Gasteiger partial charge on any atom is 0.228 e. The number of carbonyl (C=O) groups is 1. The number of methoxy groups -OCH3 is 1. The Labute approximate surface area is 131 Å². The highest BCUT2D eigenvalue weighted by Gasteiger charge is 2.20. The minimum Gasteiger partial charge on any atom is -0.495 e. The number of nitrogens with two attached hydrogens (primary N) is 1. The van der Waals surface area contributed by atoms with Crippen LogP contribution in [0.15, 0.2) is 24.8 Å². The standard InChI is InChI=1S/C16H24N4O2/c1-4-5-16(21)18-13-10-12(17)15(22-3)11-14(13)20-8-6-19(2)7-9-20/h4,10-11H,1,5-9,17H2,2-3H3,(H,18,21). The second kappa shape index (κ2) is 7.17. The monoisotopic (exact) mass is 304 g/mol. The molecule has 1 aliphatic rings. The van der Waals surface area contributed by atoms with E-state index < -0.39 is 0 Å². The first-order chi connectivity index (χ1) is 10.5. The molecule has 0 aromatic heterocycles. The zero-order chi connectivity index (χ0) is 16.1. The summed E-state index contributed by atoms with van der Waals surface area (Å²) < 4.78 is 5.31. The van der Waals surface area contributed by atoms with Gasteiger partial charge in [0.1, 0.15) is 5.75 Å². The van der Waals surface area contributed by atoms with Crippen molar-refractivity contribution < 1.29 is 9.53 Å². The number of ether oxygens (including phenoxy) is 1. The third-order valence-corrected chi connectivity index (χ3v) is 3.80. The molecule has 0 bridgehead atoms. The van der Waals surface area contributed by atoms with Gasteiger partial charge in [-0.25, -0.2) is 0 Å². The number of amides is 1. The Kier molecular flexibility index (Phi) is 5.27. The fourth-order valence-corrected chi connectivity index (χ4v) is 2.50. The Bertz CT molecular complexity index is 551. The Hall–Kier alpha value is -2.21. The summed E-state index contributed by atoms with van der Waals surface area (Å²) in [5.74, 6) is 0.519. The lowest BCUT2D eigenvalue weighted by atomic mass is 10.1. The van der Waals surface area contributed by atoms with E-state index >= 15 is 0 Å². The van der Waals surface area contributed by atoms with Crippen LogP contribution in [0, 0.1) is 0 Å². The van der Waals surface area contributed by atoms with E-state index in [9.17, 15) is 4.79 Å². The molecule has 1 heterocycles. The van der Waals surface area contributed by atoms with Crippen molar-refractivity contribution in [3.8, 4) is 5.75 Å². The lowest BCUT2D eigenvalue weighted by molar-refractivity contribution is -0.115. The van der Waals surface area contributed by atoms with E-state index in [1.165, 1.54) is 0 Å². The van der Waals surface area contributed by atoms with E-state index in [-0.39, 0.29) is 12.3 Å². The number of benzene rings is 1. The zero-order valence-corrected chi connectivity index (χ0v) is 13.3. The first kappa shape index (κ1) is 16.2. The molecule has 1 aromatic rings. The normalized spacial score (nSPS) is 15.5. The lowest BCUT2D eigenvalue weighted by Crippen LogP contribution is -2.44. The van der Waals surface area contributed by atoms with E-state index in [2.05, 4.69) is 28.7 Å². The highest BCUT2D eigenvalue weighted by molar-refractivity contribution is 5.96. The van der Waals surface area contributed by atoms with Crippen molar-refractivity contribution in [2.24, 2.45) is 0 Å². The van der Waals surface area contributed by atoms with Crippen LogP contribution in [0.1, 0.15) is 6.42 Å². The predicted molar refractivity (Wildman–Crippen MR) is 90.6 cm³/mol. The number of carbonyl (C=O) groups excluding carboxylic acids is 1. The Morgan fingerprint density at radius 3 is 2.68 bits per heavy atom. The zero-order valence-electron chi connectivity index (χ0n) is 13.3. The van der Waals surface area contributed by atoms with E-state index in [4.69, 9.17) is 10.5 Å². The number of anilines is 3. The molecule has 0 saturated carbocycles. The second-order valence-electron chi connectivity index (χ2n) is 5.44. The first-order valence-electron chi connectivity index (χ1n) is 7.37. The quantitative estimate of drug-likeness (QED) is 0.638. The van der Waals surface area contributed by atoms with Gasteiger partial charge in [0.15, 0.2) is 0 Å². The fraction of sp³-hybridized carbons (Fsp3) is 0.438. The highest BCUT2D eigenvalue weighted by Crippen LogP contribution is 2.36. The summed E-state index contributed by atoms with van der Waals surface area (Å²) >= 11 is 0. The number of nitrogen functional groups attached to an aromatic ring is 1. The lowest BCUT2D eigenvalue weighted by Gasteiger charge is -2.35. The molecule has 22 heavy (non-hydrogen) atoms. The van der Waals surface area contributed by atoms with Crippen LogP contribution < -0.4 is 20.7 Å². The largest absolute Gasteiger partial charge is 0.495 e. The molecular formula is C16H24N4O2. The van der Waals surface area contributed by atoms with Gasteiger partial charge in [-0.3, -0.25) is 4.79 Å². The molecule has 1 amide bonds. The van der Waals surface area contributed by atoms with Crippen LogP contribution in [0.4, 0.5) is 17.1 Å². The van der Waals surface area contributed by atoms with E-state index in [1.54, 1.807) is 19.3 Å². The molecule has 120 valence electrons. The van der Waals surface area contributed by atoms with Crippen molar-refractivity contribution in [3.05, 3.63) is 24.8 Å². The van der Waals surface area contributed by atoms with E-state index in [1.807, 2.05) is 6.07 Å². The summed E-state index contributed by atoms with van der Waals surface area (Å²) in [4.78, 5) is 16.4. The predicted octanol–water partition coefficient (Wildman–Crippen LogP) is 1.54. The van der Waals surface area contributed by atoms with Crippen molar-refractivity contribution >= 4 is 23.0 Å². The third-order valence-electron chi connectivity index (χ3n) is 3.80. The minimum atomic E-state index is -0.102. The van der Waals surface area contributed by atoms with E-state index in [0.29, 0.717) is 11.4 Å². The number of hydrogen-bond donors (Lipinski definition) is 2. The van der Waals surface area contributed by atoms with Crippen molar-refractivity contribution in [3.63, 3.8) is 0 Å². The van der Waals surface area contributed by atoms with Gasteiger partial charge < -0.3 is 25.6 Å². The molecule has 2 rings (SSSR count). The topological polar surface area (TPSA) is 70.8 Å². The van der Waals surface area contributed by atoms with Gasteiger partial charge in [0.2, 0.25) is 5.91 Å². The third kappa shape index (κ3) is 3.71. The second-order valence-corrected chi connectivity index (χ2v) is 5.44. The van der Waals surface area contributed by atoms with Gasteiger partial charge in [0.05, 0.1) is 24.2 Å². The molecule has 3 N–H and O–H groups in total. The average molecular weight is 304 g/mol. The number of likely N-dealkylation sites (N-methyl/N-ethyl adjacent to an activating group) is 1. The fourth-order valence-electron chi connectivity index (χ4n) is 2.50. The number of piperazine rings is 1. The number of hydrogen-bond acceptors (Lipinski definition) is 5. The van der Waals surface area contributed by atoms with E-state index in [0.717, 1.165) is 37.6 Å². The van der Waals surface area contributed by atoms with Crippen LogP contribution in [0.25, 0.3) is 0 Å². The summed E-state index contributed by atoms with van der Waals surface area (Å²) in [6, 6.07) is 3.65. The van der Waals surface area contributed by atoms with Crippen molar-refractivity contribution in [2.45, 2.75) is 6.42 Å². The van der Waals surface area contributed by atoms with Gasteiger partial charge in [0.25, 0.3) is 0 Å². The van der Waals surface area contributed by atoms with Gasteiger partial charge in [0, 0.05) is 38.7 Å². The molecule has 0 radical (unpaired) electrons. The van der Waals surface area contributed by atoms with Crippen molar-refractivity contribution in [1.29, 1.82) is 0 Å². The molecular weight excluding hydrogens is 280 g/mol. The summed E-state index contributed by atoms with van der Waals surface area (Å²) in [6.45, 7) is 7.34. The number of rotatable bonds is 5. The summed E-state index contributed by atoms with van der Waals surface area (Å²) in [6.07, 6.45) is 1.85. The molecule has 1 aromatic carbocycles. The van der Waals surface area contributed by atoms with Crippen LogP contribution in [0.2, 0.25) is 0 Å². The van der Waals surface area contributed by atoms with Crippen molar-refractivity contribution in [1.82, 2.24) is 4.90 Å². The Morgan fingerprint density at radius 2 is 2.09 bits per heavy atom. The van der Waals surface area contributed by atoms with Crippen molar-refractivity contribution in [2.75, 3.05) is 56.3 Å². The molecule has 0 atom stereocenters. The molecule has 6 nitrogen and oxygen atoms in total. The SMILES string of the molecule is C=CCC(=O)Nc1cc(N)c(OC)cc1N1CCN(C)CC1. The molecule has 6 heteroatoms. The van der Waals surface area contributed by atoms with Gasteiger partial charge in [-0.05, 0) is 13.1 Å². The van der Waals surface area contributed by atoms with Gasteiger partial charge in [-0.1, -0.05) is 6.08 Å². The Morgan fingerprint density at radius 1 is 1.41 bits per heavy atom. The maximum absolute atomic E-state index is 11.9. The molecule has 1 fully saturated rings.